The molecule has 0 aliphatic rings. The highest BCUT2D eigenvalue weighted by Gasteiger charge is 2.32. The van der Waals surface area contributed by atoms with E-state index < -0.39 is 47.9 Å². The second-order valence-corrected chi connectivity index (χ2v) is 11.6. The Morgan fingerprint density at radius 1 is 0.761 bits per heavy atom. The van der Waals surface area contributed by atoms with Crippen LogP contribution >= 0.6 is 0 Å². The molecule has 0 aliphatic heterocycles. The molecule has 3 amide bonds. The lowest BCUT2D eigenvalue weighted by Crippen LogP contribution is -2.58. The third-order valence-electron chi connectivity index (χ3n) is 8.15. The average molecular weight is 628 g/mol. The first-order chi connectivity index (χ1) is 22.0. The maximum absolute atomic E-state index is 13.9. The number of nitrogens with two attached hydrogens (primary N) is 1. The normalized spacial score (nSPS) is 14.4. The zero-order chi connectivity index (χ0) is 33.2. The first-order valence-electron chi connectivity index (χ1n) is 15.3. The van der Waals surface area contributed by atoms with Crippen molar-refractivity contribution in [2.45, 2.75) is 63.7 Å². The lowest BCUT2D eigenvalue weighted by atomic mass is 9.97. The standard InChI is InChI=1S/C35H41N5O6/c1-3-21(2)31(35(45)46)40-34(44)30(17-22-9-5-4-6-10-22)39-33(43)29(18-23-13-15-25(41)16-14-23)38-32(42)27(36)19-24-20-37-28-12-8-7-11-26(24)28/h4-16,20-21,27,29-31,37,41H,3,17-19,36H2,1-2H3,(H,38,42)(H,39,43)(H,40,44)(H,45,46). The van der Waals surface area contributed by atoms with Gasteiger partial charge in [-0.1, -0.05) is 80.9 Å². The monoisotopic (exact) mass is 627 g/mol. The number of phenolic OH excluding ortho intramolecular Hbond substituents is 1. The van der Waals surface area contributed by atoms with Crippen LogP contribution in [0.5, 0.6) is 5.75 Å². The van der Waals surface area contributed by atoms with Crippen molar-refractivity contribution in [1.82, 2.24) is 20.9 Å². The van der Waals surface area contributed by atoms with Gasteiger partial charge in [0.25, 0.3) is 0 Å². The summed E-state index contributed by atoms with van der Waals surface area (Å²) < 4.78 is 0. The minimum atomic E-state index is -1.17. The number of rotatable bonds is 15. The zero-order valence-electron chi connectivity index (χ0n) is 25.9. The summed E-state index contributed by atoms with van der Waals surface area (Å²) >= 11 is 0. The number of amides is 3. The van der Waals surface area contributed by atoms with E-state index in [1.54, 1.807) is 49.5 Å². The number of fused-ring (bicyclic) bond motifs is 1. The van der Waals surface area contributed by atoms with Crippen molar-refractivity contribution in [1.29, 1.82) is 0 Å². The molecule has 0 saturated heterocycles. The Kier molecular flexibility index (Phi) is 11.5. The molecule has 1 heterocycles. The van der Waals surface area contributed by atoms with E-state index >= 15 is 0 Å². The Morgan fingerprint density at radius 3 is 1.96 bits per heavy atom. The number of H-pyrrole nitrogens is 1. The fourth-order valence-electron chi connectivity index (χ4n) is 5.25. The van der Waals surface area contributed by atoms with Crippen LogP contribution in [0.2, 0.25) is 0 Å². The summed E-state index contributed by atoms with van der Waals surface area (Å²) in [6.07, 6.45) is 2.67. The number of phenols is 1. The molecular weight excluding hydrogens is 586 g/mol. The first kappa shape index (κ1) is 33.7. The van der Waals surface area contributed by atoms with E-state index in [0.29, 0.717) is 12.0 Å². The van der Waals surface area contributed by atoms with Crippen LogP contribution < -0.4 is 21.7 Å². The van der Waals surface area contributed by atoms with Gasteiger partial charge in [0.1, 0.15) is 23.9 Å². The minimum Gasteiger partial charge on any atom is -0.508 e. The van der Waals surface area contributed by atoms with Gasteiger partial charge in [0.05, 0.1) is 6.04 Å². The van der Waals surface area contributed by atoms with Crippen molar-refractivity contribution < 1.29 is 29.4 Å². The van der Waals surface area contributed by atoms with Gasteiger partial charge in [-0.15, -0.1) is 0 Å². The van der Waals surface area contributed by atoms with Crippen molar-refractivity contribution in [3.63, 3.8) is 0 Å². The molecule has 242 valence electrons. The summed E-state index contributed by atoms with van der Waals surface area (Å²) in [6, 6.07) is 18.5. The second kappa shape index (κ2) is 15.7. The van der Waals surface area contributed by atoms with E-state index in [2.05, 4.69) is 20.9 Å². The fourth-order valence-corrected chi connectivity index (χ4v) is 5.25. The molecule has 1 aromatic heterocycles. The molecule has 0 saturated carbocycles. The number of hydrogen-bond donors (Lipinski definition) is 7. The van der Waals surface area contributed by atoms with Gasteiger partial charge in [0, 0.05) is 29.9 Å². The van der Waals surface area contributed by atoms with Gasteiger partial charge in [0.2, 0.25) is 17.7 Å². The Balaban J connectivity index is 1.56. The number of carboxylic acids is 1. The van der Waals surface area contributed by atoms with Gasteiger partial charge < -0.3 is 36.9 Å². The van der Waals surface area contributed by atoms with Crippen LogP contribution in [0, 0.1) is 5.92 Å². The van der Waals surface area contributed by atoms with Crippen molar-refractivity contribution >= 4 is 34.6 Å². The van der Waals surface area contributed by atoms with E-state index in [4.69, 9.17) is 5.73 Å². The Labute approximate surface area is 267 Å². The molecule has 0 fully saturated rings. The fraction of sp³-hybridized carbons (Fsp3) is 0.314. The Bertz CT molecular complexity index is 1640. The van der Waals surface area contributed by atoms with E-state index in [0.717, 1.165) is 22.0 Å². The van der Waals surface area contributed by atoms with E-state index in [1.165, 1.54) is 12.1 Å². The maximum Gasteiger partial charge on any atom is 0.326 e. The summed E-state index contributed by atoms with van der Waals surface area (Å²) in [6.45, 7) is 3.56. The highest BCUT2D eigenvalue weighted by molar-refractivity contribution is 5.94. The predicted octanol–water partition coefficient (Wildman–Crippen LogP) is 2.81. The van der Waals surface area contributed by atoms with Crippen LogP contribution in [-0.2, 0) is 38.4 Å². The average Bonchev–Trinajstić information content (AvgIpc) is 3.46. The molecular formula is C35H41N5O6. The maximum atomic E-state index is 13.9. The molecule has 0 spiro atoms. The SMILES string of the molecule is CCC(C)C(NC(=O)C(Cc1ccccc1)NC(=O)C(Cc1ccc(O)cc1)NC(=O)C(N)Cc1c[nH]c2ccccc12)C(=O)O. The lowest BCUT2D eigenvalue weighted by molar-refractivity contribution is -0.143. The predicted molar refractivity (Wildman–Crippen MR) is 175 cm³/mol. The largest absolute Gasteiger partial charge is 0.508 e. The molecule has 11 heteroatoms. The molecule has 8 N–H and O–H groups in total. The molecule has 0 aliphatic carbocycles. The summed E-state index contributed by atoms with van der Waals surface area (Å²) in [5, 5.41) is 28.6. The van der Waals surface area contributed by atoms with Crippen LogP contribution in [0.15, 0.2) is 85.1 Å². The highest BCUT2D eigenvalue weighted by Crippen LogP contribution is 2.19. The molecule has 0 bridgehead atoms. The van der Waals surface area contributed by atoms with Crippen LogP contribution in [0.1, 0.15) is 37.0 Å². The van der Waals surface area contributed by atoms with E-state index in [-0.39, 0.29) is 30.9 Å². The first-order valence-corrected chi connectivity index (χ1v) is 15.3. The molecule has 3 aromatic carbocycles. The molecule has 5 atom stereocenters. The number of carboxylic acid groups (broad SMARTS) is 1. The topological polar surface area (TPSA) is 187 Å². The van der Waals surface area contributed by atoms with Crippen molar-refractivity contribution in [3.05, 3.63) is 102 Å². The van der Waals surface area contributed by atoms with Gasteiger partial charge in [-0.05, 0) is 47.2 Å². The summed E-state index contributed by atoms with van der Waals surface area (Å²) in [5.41, 5.74) is 9.49. The Morgan fingerprint density at radius 2 is 1.33 bits per heavy atom. The lowest BCUT2D eigenvalue weighted by Gasteiger charge is -2.27. The smallest absolute Gasteiger partial charge is 0.326 e. The molecule has 4 rings (SSSR count). The number of aromatic amines is 1. The van der Waals surface area contributed by atoms with Crippen LogP contribution in [0.4, 0.5) is 0 Å². The molecule has 4 aromatic rings. The zero-order valence-corrected chi connectivity index (χ0v) is 25.9. The molecule has 46 heavy (non-hydrogen) atoms. The summed E-state index contributed by atoms with van der Waals surface area (Å²) in [5.74, 6) is -3.34. The minimum absolute atomic E-state index is 0.0436. The number of hydrogen-bond acceptors (Lipinski definition) is 6. The number of benzene rings is 3. The number of para-hydroxylation sites is 1. The second-order valence-electron chi connectivity index (χ2n) is 11.6. The van der Waals surface area contributed by atoms with E-state index in [1.807, 2.05) is 37.3 Å². The Hall–Kier alpha value is -5.16. The quantitative estimate of drug-likeness (QED) is 0.106. The number of aromatic nitrogens is 1. The van der Waals surface area contributed by atoms with Gasteiger partial charge in [-0.25, -0.2) is 4.79 Å². The highest BCUT2D eigenvalue weighted by atomic mass is 16.4. The van der Waals surface area contributed by atoms with Gasteiger partial charge in [-0.3, -0.25) is 14.4 Å². The van der Waals surface area contributed by atoms with Crippen molar-refractivity contribution in [2.24, 2.45) is 11.7 Å². The molecule has 11 nitrogen and oxygen atoms in total. The number of carbonyl (C=O) groups is 4. The van der Waals surface area contributed by atoms with Gasteiger partial charge >= 0.3 is 5.97 Å². The number of aromatic hydroxyl groups is 1. The van der Waals surface area contributed by atoms with E-state index in [9.17, 15) is 29.4 Å². The molecule has 0 radical (unpaired) electrons. The summed E-state index contributed by atoms with van der Waals surface area (Å²) in [7, 11) is 0. The number of nitrogens with one attached hydrogen (secondary N) is 4. The van der Waals surface area contributed by atoms with Gasteiger partial charge in [0.15, 0.2) is 0 Å². The van der Waals surface area contributed by atoms with Crippen LogP contribution in [0.25, 0.3) is 10.9 Å². The third-order valence-corrected chi connectivity index (χ3v) is 8.15. The summed E-state index contributed by atoms with van der Waals surface area (Å²) in [4.78, 5) is 55.9. The van der Waals surface area contributed by atoms with Crippen molar-refractivity contribution in [2.75, 3.05) is 0 Å². The molecule has 5 unspecified atom stereocenters. The number of aliphatic carboxylic acids is 1. The number of carbonyl (C=O) groups excluding carboxylic acids is 3. The van der Waals surface area contributed by atoms with Crippen LogP contribution in [0.3, 0.4) is 0 Å². The van der Waals surface area contributed by atoms with Gasteiger partial charge in [-0.2, -0.15) is 0 Å². The third kappa shape index (κ3) is 8.95. The van der Waals surface area contributed by atoms with Crippen molar-refractivity contribution in [3.8, 4) is 5.75 Å². The van der Waals surface area contributed by atoms with Crippen LogP contribution in [-0.4, -0.2) is 63.1 Å².